The minimum absolute atomic E-state index is 0.0393. The molecular formula is C18H22BrN. The van der Waals surface area contributed by atoms with E-state index in [1.54, 1.807) is 0 Å². The molecule has 2 aromatic carbocycles. The SMILES string of the molecule is Cc1ccc(Br)cc1C(N)Cc1ccc(C(C)C)cc1. The van der Waals surface area contributed by atoms with Crippen molar-refractivity contribution in [3.63, 3.8) is 0 Å². The van der Waals surface area contributed by atoms with Crippen LogP contribution in [0.1, 0.15) is 48.1 Å². The highest BCUT2D eigenvalue weighted by Gasteiger charge is 2.10. The molecule has 0 aromatic heterocycles. The second kappa shape index (κ2) is 6.55. The summed E-state index contributed by atoms with van der Waals surface area (Å²) in [4.78, 5) is 0. The minimum Gasteiger partial charge on any atom is -0.324 e. The van der Waals surface area contributed by atoms with Gasteiger partial charge in [0.1, 0.15) is 0 Å². The zero-order valence-corrected chi connectivity index (χ0v) is 13.9. The van der Waals surface area contributed by atoms with Gasteiger partial charge in [-0.15, -0.1) is 0 Å². The van der Waals surface area contributed by atoms with Crippen LogP contribution in [0.3, 0.4) is 0 Å². The summed E-state index contributed by atoms with van der Waals surface area (Å²) in [5.74, 6) is 0.574. The van der Waals surface area contributed by atoms with Crippen LogP contribution in [0.15, 0.2) is 46.9 Å². The molecule has 0 amide bonds. The summed E-state index contributed by atoms with van der Waals surface area (Å²) in [6.45, 7) is 6.54. The smallest absolute Gasteiger partial charge is 0.0338 e. The lowest BCUT2D eigenvalue weighted by Gasteiger charge is -2.16. The van der Waals surface area contributed by atoms with Gasteiger partial charge in [-0.2, -0.15) is 0 Å². The normalized spacial score (nSPS) is 12.7. The van der Waals surface area contributed by atoms with Gasteiger partial charge in [-0.25, -0.2) is 0 Å². The summed E-state index contributed by atoms with van der Waals surface area (Å²) in [5.41, 5.74) is 11.5. The summed E-state index contributed by atoms with van der Waals surface area (Å²) in [6.07, 6.45) is 0.871. The van der Waals surface area contributed by atoms with Crippen molar-refractivity contribution in [2.24, 2.45) is 5.73 Å². The zero-order valence-electron chi connectivity index (χ0n) is 12.4. The van der Waals surface area contributed by atoms with E-state index in [1.165, 1.54) is 22.3 Å². The second-order valence-corrected chi connectivity index (χ2v) is 6.62. The molecule has 1 atom stereocenters. The van der Waals surface area contributed by atoms with Crippen LogP contribution in [0, 0.1) is 6.92 Å². The summed E-state index contributed by atoms with van der Waals surface area (Å²) >= 11 is 3.52. The minimum atomic E-state index is 0.0393. The van der Waals surface area contributed by atoms with Crippen molar-refractivity contribution in [3.05, 3.63) is 69.2 Å². The largest absolute Gasteiger partial charge is 0.324 e. The highest BCUT2D eigenvalue weighted by atomic mass is 79.9. The molecule has 1 nitrogen and oxygen atoms in total. The maximum Gasteiger partial charge on any atom is 0.0338 e. The number of hydrogen-bond acceptors (Lipinski definition) is 1. The van der Waals surface area contributed by atoms with Crippen molar-refractivity contribution >= 4 is 15.9 Å². The number of aryl methyl sites for hydroxylation is 1. The predicted octanol–water partition coefficient (Wildman–Crippen LogP) is 5.12. The fourth-order valence-corrected chi connectivity index (χ4v) is 2.79. The van der Waals surface area contributed by atoms with Gasteiger partial charge in [0.25, 0.3) is 0 Å². The molecule has 0 radical (unpaired) electrons. The molecule has 0 aliphatic rings. The van der Waals surface area contributed by atoms with Crippen molar-refractivity contribution < 1.29 is 0 Å². The first-order valence-corrected chi connectivity index (χ1v) is 7.87. The van der Waals surface area contributed by atoms with E-state index in [1.807, 2.05) is 0 Å². The molecule has 2 aromatic rings. The van der Waals surface area contributed by atoms with Gasteiger partial charge in [0, 0.05) is 10.5 Å². The molecule has 0 saturated heterocycles. The summed E-state index contributed by atoms with van der Waals surface area (Å²) in [7, 11) is 0. The summed E-state index contributed by atoms with van der Waals surface area (Å²) < 4.78 is 1.09. The Morgan fingerprint density at radius 1 is 1.05 bits per heavy atom. The molecule has 2 heteroatoms. The van der Waals surface area contributed by atoms with Gasteiger partial charge in [-0.1, -0.05) is 60.1 Å². The van der Waals surface area contributed by atoms with Crippen LogP contribution in [-0.2, 0) is 6.42 Å². The summed E-state index contributed by atoms with van der Waals surface area (Å²) in [6, 6.07) is 15.1. The molecule has 1 unspecified atom stereocenters. The Kier molecular flexibility index (Phi) is 5.00. The average molecular weight is 332 g/mol. The number of rotatable bonds is 4. The van der Waals surface area contributed by atoms with E-state index in [0.29, 0.717) is 5.92 Å². The Morgan fingerprint density at radius 2 is 1.70 bits per heavy atom. The van der Waals surface area contributed by atoms with Crippen LogP contribution in [0.4, 0.5) is 0 Å². The van der Waals surface area contributed by atoms with Crippen LogP contribution in [0.25, 0.3) is 0 Å². The fourth-order valence-electron chi connectivity index (χ4n) is 2.41. The maximum atomic E-state index is 6.37. The van der Waals surface area contributed by atoms with Crippen LogP contribution in [0.5, 0.6) is 0 Å². The van der Waals surface area contributed by atoms with Crippen molar-refractivity contribution in [3.8, 4) is 0 Å². The van der Waals surface area contributed by atoms with Gasteiger partial charge in [0.2, 0.25) is 0 Å². The molecule has 0 spiro atoms. The van der Waals surface area contributed by atoms with E-state index in [2.05, 4.69) is 79.2 Å². The average Bonchev–Trinajstić information content (AvgIpc) is 2.42. The Morgan fingerprint density at radius 3 is 2.30 bits per heavy atom. The van der Waals surface area contributed by atoms with Gasteiger partial charge in [0.15, 0.2) is 0 Å². The van der Waals surface area contributed by atoms with E-state index >= 15 is 0 Å². The molecule has 20 heavy (non-hydrogen) atoms. The van der Waals surface area contributed by atoms with E-state index in [4.69, 9.17) is 5.73 Å². The molecule has 0 saturated carbocycles. The van der Waals surface area contributed by atoms with Crippen molar-refractivity contribution in [2.45, 2.75) is 39.2 Å². The Balaban J connectivity index is 2.14. The van der Waals surface area contributed by atoms with Gasteiger partial charge in [-0.05, 0) is 53.6 Å². The Bertz CT molecular complexity index is 572. The zero-order chi connectivity index (χ0) is 14.7. The van der Waals surface area contributed by atoms with Crippen molar-refractivity contribution in [1.82, 2.24) is 0 Å². The third-order valence-electron chi connectivity index (χ3n) is 3.74. The first-order chi connectivity index (χ1) is 9.47. The third-order valence-corrected chi connectivity index (χ3v) is 4.24. The number of benzene rings is 2. The lowest BCUT2D eigenvalue weighted by atomic mass is 9.94. The van der Waals surface area contributed by atoms with Gasteiger partial charge < -0.3 is 5.73 Å². The number of hydrogen-bond donors (Lipinski definition) is 1. The van der Waals surface area contributed by atoms with Gasteiger partial charge in [0.05, 0.1) is 0 Å². The first-order valence-electron chi connectivity index (χ1n) is 7.08. The molecular weight excluding hydrogens is 310 g/mol. The van der Waals surface area contributed by atoms with Crippen LogP contribution in [0.2, 0.25) is 0 Å². The monoisotopic (exact) mass is 331 g/mol. The van der Waals surface area contributed by atoms with E-state index < -0.39 is 0 Å². The van der Waals surface area contributed by atoms with Crippen LogP contribution < -0.4 is 5.73 Å². The fraction of sp³-hybridized carbons (Fsp3) is 0.333. The molecule has 106 valence electrons. The van der Waals surface area contributed by atoms with E-state index in [-0.39, 0.29) is 6.04 Å². The first kappa shape index (κ1) is 15.3. The highest BCUT2D eigenvalue weighted by molar-refractivity contribution is 9.10. The van der Waals surface area contributed by atoms with Crippen molar-refractivity contribution in [2.75, 3.05) is 0 Å². The predicted molar refractivity (Wildman–Crippen MR) is 90.0 cm³/mol. The van der Waals surface area contributed by atoms with Gasteiger partial charge in [-0.3, -0.25) is 0 Å². The van der Waals surface area contributed by atoms with Crippen molar-refractivity contribution in [1.29, 1.82) is 0 Å². The molecule has 0 bridgehead atoms. The molecule has 0 aliphatic carbocycles. The Labute approximate surface area is 130 Å². The molecule has 0 heterocycles. The van der Waals surface area contributed by atoms with Crippen LogP contribution >= 0.6 is 15.9 Å². The second-order valence-electron chi connectivity index (χ2n) is 5.71. The van der Waals surface area contributed by atoms with E-state index in [9.17, 15) is 0 Å². The maximum absolute atomic E-state index is 6.37. The standard InChI is InChI=1S/C18H22BrN/c1-12(2)15-7-5-14(6-8-15)10-18(20)17-11-16(19)9-4-13(17)3/h4-9,11-12,18H,10,20H2,1-3H3. The number of halogens is 1. The highest BCUT2D eigenvalue weighted by Crippen LogP contribution is 2.24. The third kappa shape index (κ3) is 3.71. The topological polar surface area (TPSA) is 26.0 Å². The lowest BCUT2D eigenvalue weighted by molar-refractivity contribution is 0.715. The van der Waals surface area contributed by atoms with Crippen LogP contribution in [-0.4, -0.2) is 0 Å². The number of nitrogens with two attached hydrogens (primary N) is 1. The lowest BCUT2D eigenvalue weighted by Crippen LogP contribution is -2.14. The molecule has 0 aliphatic heterocycles. The molecule has 2 N–H and O–H groups in total. The quantitative estimate of drug-likeness (QED) is 0.826. The van der Waals surface area contributed by atoms with E-state index in [0.717, 1.165) is 10.9 Å². The molecule has 0 fully saturated rings. The molecule has 2 rings (SSSR count). The van der Waals surface area contributed by atoms with Gasteiger partial charge >= 0.3 is 0 Å². The summed E-state index contributed by atoms with van der Waals surface area (Å²) in [5, 5.41) is 0. The Hall–Kier alpha value is -1.12.